The summed E-state index contributed by atoms with van der Waals surface area (Å²) in [4.78, 5) is 12.0. The predicted octanol–water partition coefficient (Wildman–Crippen LogP) is 4.76. The predicted molar refractivity (Wildman–Crippen MR) is 78.4 cm³/mol. The molecule has 0 aliphatic carbocycles. The first-order valence-corrected chi connectivity index (χ1v) is 6.78. The molecule has 0 bridgehead atoms. The van der Waals surface area contributed by atoms with Crippen molar-refractivity contribution in [2.75, 3.05) is 0 Å². The van der Waals surface area contributed by atoms with E-state index in [1.165, 1.54) is 36.4 Å². The number of hydrogen-bond donors (Lipinski definition) is 1. The highest BCUT2D eigenvalue weighted by atomic mass is 35.5. The second kappa shape index (κ2) is 6.33. The molecule has 2 aromatic rings. The lowest BCUT2D eigenvalue weighted by atomic mass is 10.1. The minimum absolute atomic E-state index is 0.0381. The van der Waals surface area contributed by atoms with Crippen LogP contribution in [0.5, 0.6) is 5.75 Å². The molecule has 3 nitrogen and oxygen atoms in total. The Morgan fingerprint density at radius 1 is 1.19 bits per heavy atom. The van der Waals surface area contributed by atoms with Crippen LogP contribution in [0, 0.1) is 5.82 Å². The first kappa shape index (κ1) is 15.6. The van der Waals surface area contributed by atoms with Crippen LogP contribution in [0.15, 0.2) is 36.4 Å². The molecule has 0 spiro atoms. The maximum absolute atomic E-state index is 12.8. The van der Waals surface area contributed by atoms with Crippen LogP contribution in [0.3, 0.4) is 0 Å². The van der Waals surface area contributed by atoms with Crippen molar-refractivity contribution in [3.8, 4) is 5.75 Å². The van der Waals surface area contributed by atoms with Crippen LogP contribution in [0.2, 0.25) is 10.0 Å². The molecule has 0 radical (unpaired) electrons. The number of carbonyl (C=O) groups excluding carboxylic acids is 1. The van der Waals surface area contributed by atoms with Crippen molar-refractivity contribution < 1.29 is 19.0 Å². The minimum atomic E-state index is -0.643. The first-order chi connectivity index (χ1) is 9.88. The molecule has 0 amide bonds. The molecule has 0 aromatic heterocycles. The molecule has 110 valence electrons. The molecule has 0 fully saturated rings. The molecule has 0 heterocycles. The number of rotatable bonds is 3. The van der Waals surface area contributed by atoms with Gasteiger partial charge in [0.15, 0.2) is 5.75 Å². The van der Waals surface area contributed by atoms with E-state index in [1.807, 2.05) is 0 Å². The van der Waals surface area contributed by atoms with Crippen molar-refractivity contribution in [2.45, 2.75) is 13.0 Å². The van der Waals surface area contributed by atoms with Gasteiger partial charge in [0.05, 0.1) is 15.6 Å². The fraction of sp³-hybridized carbons (Fsp3) is 0.133. The van der Waals surface area contributed by atoms with Gasteiger partial charge in [-0.25, -0.2) is 9.18 Å². The number of phenolic OH excluding ortho intramolecular Hbond substituents is 1. The zero-order valence-electron chi connectivity index (χ0n) is 10.9. The van der Waals surface area contributed by atoms with E-state index in [4.69, 9.17) is 27.9 Å². The summed E-state index contributed by atoms with van der Waals surface area (Å²) in [6.45, 7) is 1.66. The van der Waals surface area contributed by atoms with Gasteiger partial charge in [0.2, 0.25) is 0 Å². The summed E-state index contributed by atoms with van der Waals surface area (Å²) < 4.78 is 18.1. The lowest BCUT2D eigenvalue weighted by Crippen LogP contribution is -2.09. The summed E-state index contributed by atoms with van der Waals surface area (Å²) >= 11 is 11.5. The number of halogens is 3. The molecule has 2 aromatic carbocycles. The van der Waals surface area contributed by atoms with Crippen molar-refractivity contribution >= 4 is 29.2 Å². The standard InChI is InChI=1S/C15H11Cl2FO3/c1-8(9-2-4-11(18)5-3-9)21-15(20)10-6-12(16)14(19)13(17)7-10/h2-8,19H,1H3/t8-/m0/s1. The Morgan fingerprint density at radius 2 is 1.71 bits per heavy atom. The van der Waals surface area contributed by atoms with Gasteiger partial charge in [0.1, 0.15) is 11.9 Å². The third kappa shape index (κ3) is 3.65. The molecule has 0 saturated carbocycles. The third-order valence-corrected chi connectivity index (χ3v) is 3.45. The number of ether oxygens (including phenoxy) is 1. The van der Waals surface area contributed by atoms with Crippen LogP contribution in [0.25, 0.3) is 0 Å². The van der Waals surface area contributed by atoms with E-state index >= 15 is 0 Å². The third-order valence-electron chi connectivity index (χ3n) is 2.88. The van der Waals surface area contributed by atoms with Gasteiger partial charge in [0.25, 0.3) is 0 Å². The molecule has 2 rings (SSSR count). The van der Waals surface area contributed by atoms with Crippen LogP contribution < -0.4 is 0 Å². The molecular weight excluding hydrogens is 318 g/mol. The van der Waals surface area contributed by atoms with Crippen molar-refractivity contribution in [1.29, 1.82) is 0 Å². The number of carbonyl (C=O) groups is 1. The normalized spacial score (nSPS) is 12.0. The van der Waals surface area contributed by atoms with Crippen molar-refractivity contribution in [3.05, 3.63) is 63.4 Å². The highest BCUT2D eigenvalue weighted by molar-refractivity contribution is 6.37. The molecule has 1 atom stereocenters. The Morgan fingerprint density at radius 3 is 2.24 bits per heavy atom. The second-order valence-electron chi connectivity index (χ2n) is 4.39. The first-order valence-electron chi connectivity index (χ1n) is 6.03. The Balaban J connectivity index is 2.16. The van der Waals surface area contributed by atoms with Gasteiger partial charge in [-0.3, -0.25) is 0 Å². The van der Waals surface area contributed by atoms with Crippen LogP contribution in [0.1, 0.15) is 28.9 Å². The Labute approximate surface area is 130 Å². The summed E-state index contributed by atoms with van der Waals surface area (Å²) in [5, 5.41) is 9.37. The van der Waals surface area contributed by atoms with E-state index in [0.717, 1.165) is 0 Å². The summed E-state index contributed by atoms with van der Waals surface area (Å²) in [6, 6.07) is 8.17. The molecular formula is C15H11Cl2FO3. The summed E-state index contributed by atoms with van der Waals surface area (Å²) in [5.74, 6) is -1.30. The molecule has 21 heavy (non-hydrogen) atoms. The Bertz CT molecular complexity index is 648. The lowest BCUT2D eigenvalue weighted by molar-refractivity contribution is 0.0338. The van der Waals surface area contributed by atoms with Crippen molar-refractivity contribution in [3.63, 3.8) is 0 Å². The van der Waals surface area contributed by atoms with Crippen LogP contribution in [0.4, 0.5) is 4.39 Å². The van der Waals surface area contributed by atoms with Gasteiger partial charge in [-0.15, -0.1) is 0 Å². The summed E-state index contributed by atoms with van der Waals surface area (Å²) in [5.41, 5.74) is 0.775. The van der Waals surface area contributed by atoms with Crippen molar-refractivity contribution in [2.24, 2.45) is 0 Å². The monoisotopic (exact) mass is 328 g/mol. The van der Waals surface area contributed by atoms with Gasteiger partial charge in [-0.1, -0.05) is 35.3 Å². The zero-order valence-corrected chi connectivity index (χ0v) is 12.5. The molecule has 6 heteroatoms. The average molecular weight is 329 g/mol. The highest BCUT2D eigenvalue weighted by Crippen LogP contribution is 2.33. The molecule has 0 aliphatic rings. The average Bonchev–Trinajstić information content (AvgIpc) is 2.44. The van der Waals surface area contributed by atoms with E-state index < -0.39 is 12.1 Å². The van der Waals surface area contributed by atoms with Crippen LogP contribution in [-0.4, -0.2) is 11.1 Å². The lowest BCUT2D eigenvalue weighted by Gasteiger charge is -2.14. The number of hydrogen-bond acceptors (Lipinski definition) is 3. The Hall–Kier alpha value is -1.78. The van der Waals surface area contributed by atoms with E-state index in [2.05, 4.69) is 0 Å². The van der Waals surface area contributed by atoms with Gasteiger partial charge in [-0.05, 0) is 36.8 Å². The van der Waals surface area contributed by atoms with E-state index in [1.54, 1.807) is 6.92 Å². The highest BCUT2D eigenvalue weighted by Gasteiger charge is 2.17. The number of esters is 1. The number of benzene rings is 2. The quantitative estimate of drug-likeness (QED) is 0.826. The van der Waals surface area contributed by atoms with Crippen molar-refractivity contribution in [1.82, 2.24) is 0 Å². The smallest absolute Gasteiger partial charge is 0.338 e. The number of aromatic hydroxyl groups is 1. The van der Waals surface area contributed by atoms with Gasteiger partial charge in [-0.2, -0.15) is 0 Å². The van der Waals surface area contributed by atoms with Gasteiger partial charge in [0, 0.05) is 0 Å². The molecule has 0 unspecified atom stereocenters. The molecule has 0 saturated heterocycles. The fourth-order valence-electron chi connectivity index (χ4n) is 1.71. The van der Waals surface area contributed by atoms with E-state index in [-0.39, 0.29) is 27.2 Å². The minimum Gasteiger partial charge on any atom is -0.505 e. The number of phenols is 1. The maximum Gasteiger partial charge on any atom is 0.338 e. The van der Waals surface area contributed by atoms with E-state index in [9.17, 15) is 14.3 Å². The Kier molecular flexibility index (Phi) is 4.70. The maximum atomic E-state index is 12.8. The zero-order chi connectivity index (χ0) is 15.6. The largest absolute Gasteiger partial charge is 0.505 e. The van der Waals surface area contributed by atoms with Gasteiger partial charge < -0.3 is 9.84 Å². The second-order valence-corrected chi connectivity index (χ2v) is 5.20. The fourth-order valence-corrected chi connectivity index (χ4v) is 2.20. The molecule has 0 aliphatic heterocycles. The van der Waals surface area contributed by atoms with Crippen LogP contribution in [-0.2, 0) is 4.74 Å². The SMILES string of the molecule is C[C@H](OC(=O)c1cc(Cl)c(O)c(Cl)c1)c1ccc(F)cc1. The summed E-state index contributed by atoms with van der Waals surface area (Å²) in [6.07, 6.45) is -0.565. The van der Waals surface area contributed by atoms with Gasteiger partial charge >= 0.3 is 5.97 Å². The molecule has 1 N–H and O–H groups in total. The topological polar surface area (TPSA) is 46.5 Å². The summed E-state index contributed by atoms with van der Waals surface area (Å²) in [7, 11) is 0. The van der Waals surface area contributed by atoms with Crippen LogP contribution >= 0.6 is 23.2 Å². The van der Waals surface area contributed by atoms with E-state index in [0.29, 0.717) is 5.56 Å².